The molecule has 0 atom stereocenters. The van der Waals surface area contributed by atoms with Crippen molar-refractivity contribution in [2.24, 2.45) is 0 Å². The van der Waals surface area contributed by atoms with E-state index in [1.807, 2.05) is 13.0 Å². The monoisotopic (exact) mass is 323 g/mol. The minimum atomic E-state index is -0.760. The van der Waals surface area contributed by atoms with Crippen LogP contribution in [-0.4, -0.2) is 11.0 Å². The largest absolute Gasteiger partial charge is 0.507 e. The number of nitrogens with one attached hydrogen (secondary N) is 1. The van der Waals surface area contributed by atoms with Crippen LogP contribution >= 0.6 is 15.9 Å². The second-order valence-corrected chi connectivity index (χ2v) is 4.91. The summed E-state index contributed by atoms with van der Waals surface area (Å²) in [5.41, 5.74) is 1.18. The molecular weight excluding hydrogens is 313 g/mol. The predicted octanol–water partition coefficient (Wildman–Crippen LogP) is 3.85. The first kappa shape index (κ1) is 13.5. The molecule has 5 heteroatoms. The van der Waals surface area contributed by atoms with Crippen molar-refractivity contribution in [2.45, 2.75) is 6.92 Å². The van der Waals surface area contributed by atoms with Crippen molar-refractivity contribution < 1.29 is 14.3 Å². The number of aryl methyl sites for hydroxylation is 1. The summed E-state index contributed by atoms with van der Waals surface area (Å²) in [6.45, 7) is 1.92. The van der Waals surface area contributed by atoms with Crippen LogP contribution < -0.4 is 5.32 Å². The average molecular weight is 324 g/mol. The zero-order chi connectivity index (χ0) is 14.0. The molecule has 3 nitrogen and oxygen atoms in total. The third-order valence-electron chi connectivity index (χ3n) is 2.65. The number of phenols is 1. The van der Waals surface area contributed by atoms with E-state index >= 15 is 0 Å². The Balaban J connectivity index is 2.28. The molecular formula is C14H11BrFNO2. The number of rotatable bonds is 2. The second kappa shape index (κ2) is 5.40. The van der Waals surface area contributed by atoms with Crippen LogP contribution in [0.2, 0.25) is 0 Å². The van der Waals surface area contributed by atoms with Gasteiger partial charge in [-0.1, -0.05) is 28.1 Å². The fourth-order valence-corrected chi connectivity index (χ4v) is 1.98. The Hall–Kier alpha value is -1.88. The summed E-state index contributed by atoms with van der Waals surface area (Å²) in [5.74, 6) is -1.83. The summed E-state index contributed by atoms with van der Waals surface area (Å²) >= 11 is 3.35. The molecule has 0 fully saturated rings. The summed E-state index contributed by atoms with van der Waals surface area (Å²) in [6, 6.07) is 8.97. The van der Waals surface area contributed by atoms with Gasteiger partial charge in [0.1, 0.15) is 17.1 Å². The molecule has 0 spiro atoms. The molecule has 98 valence electrons. The van der Waals surface area contributed by atoms with E-state index in [2.05, 4.69) is 21.2 Å². The van der Waals surface area contributed by atoms with Crippen molar-refractivity contribution in [1.29, 1.82) is 0 Å². The summed E-state index contributed by atoms with van der Waals surface area (Å²) in [7, 11) is 0. The molecule has 0 aliphatic rings. The van der Waals surface area contributed by atoms with Gasteiger partial charge in [0.25, 0.3) is 5.91 Å². The summed E-state index contributed by atoms with van der Waals surface area (Å²) in [5, 5.41) is 12.1. The number of amides is 1. The molecule has 0 saturated heterocycles. The SMILES string of the molecule is Cc1ccc(NC(=O)c2c(O)cccc2F)cc1Br. The molecule has 0 unspecified atom stereocenters. The van der Waals surface area contributed by atoms with E-state index in [0.29, 0.717) is 5.69 Å². The van der Waals surface area contributed by atoms with Crippen LogP contribution in [0.3, 0.4) is 0 Å². The normalized spacial score (nSPS) is 10.3. The van der Waals surface area contributed by atoms with Crippen molar-refractivity contribution >= 4 is 27.5 Å². The molecule has 0 aromatic heterocycles. The third-order valence-corrected chi connectivity index (χ3v) is 3.50. The van der Waals surface area contributed by atoms with Gasteiger partial charge in [-0.05, 0) is 36.8 Å². The minimum Gasteiger partial charge on any atom is -0.507 e. The number of carbonyl (C=O) groups excluding carboxylic acids is 1. The number of anilines is 1. The van der Waals surface area contributed by atoms with Crippen LogP contribution in [0.1, 0.15) is 15.9 Å². The maximum Gasteiger partial charge on any atom is 0.262 e. The quantitative estimate of drug-likeness (QED) is 0.881. The van der Waals surface area contributed by atoms with Crippen molar-refractivity contribution in [1.82, 2.24) is 0 Å². The van der Waals surface area contributed by atoms with Crippen LogP contribution in [0.4, 0.5) is 10.1 Å². The number of hydrogen-bond acceptors (Lipinski definition) is 2. The van der Waals surface area contributed by atoms with Crippen LogP contribution in [-0.2, 0) is 0 Å². The van der Waals surface area contributed by atoms with Gasteiger partial charge in [0.05, 0.1) is 0 Å². The van der Waals surface area contributed by atoms with E-state index in [1.54, 1.807) is 12.1 Å². The molecule has 0 radical (unpaired) electrons. The fourth-order valence-electron chi connectivity index (χ4n) is 1.60. The lowest BCUT2D eigenvalue weighted by atomic mass is 10.1. The lowest BCUT2D eigenvalue weighted by Crippen LogP contribution is -2.14. The van der Waals surface area contributed by atoms with E-state index in [4.69, 9.17) is 0 Å². The van der Waals surface area contributed by atoms with E-state index in [-0.39, 0.29) is 11.3 Å². The van der Waals surface area contributed by atoms with Gasteiger partial charge >= 0.3 is 0 Å². The topological polar surface area (TPSA) is 49.3 Å². The van der Waals surface area contributed by atoms with Gasteiger partial charge in [-0.25, -0.2) is 4.39 Å². The predicted molar refractivity (Wildman–Crippen MR) is 74.9 cm³/mol. The molecule has 2 rings (SSSR count). The first-order valence-electron chi connectivity index (χ1n) is 5.54. The Morgan fingerprint density at radius 2 is 2.05 bits per heavy atom. The molecule has 2 aromatic rings. The third kappa shape index (κ3) is 2.93. The highest BCUT2D eigenvalue weighted by molar-refractivity contribution is 9.10. The molecule has 0 aliphatic heterocycles. The maximum atomic E-state index is 13.5. The Morgan fingerprint density at radius 1 is 1.32 bits per heavy atom. The molecule has 0 bridgehead atoms. The fraction of sp³-hybridized carbons (Fsp3) is 0.0714. The molecule has 0 heterocycles. The highest BCUT2D eigenvalue weighted by Gasteiger charge is 2.16. The summed E-state index contributed by atoms with van der Waals surface area (Å²) in [4.78, 5) is 11.9. The minimum absolute atomic E-state index is 0.362. The van der Waals surface area contributed by atoms with Crippen molar-refractivity contribution in [3.05, 3.63) is 57.8 Å². The van der Waals surface area contributed by atoms with Gasteiger partial charge in [-0.15, -0.1) is 0 Å². The summed E-state index contributed by atoms with van der Waals surface area (Å²) < 4.78 is 14.4. The number of phenolic OH excluding ortho intramolecular Hbond substituents is 1. The van der Waals surface area contributed by atoms with Gasteiger partial charge in [0.15, 0.2) is 0 Å². The van der Waals surface area contributed by atoms with Crippen LogP contribution in [0.15, 0.2) is 40.9 Å². The lowest BCUT2D eigenvalue weighted by molar-refractivity contribution is 0.102. The Kier molecular flexibility index (Phi) is 3.85. The van der Waals surface area contributed by atoms with Gasteiger partial charge in [0.2, 0.25) is 0 Å². The van der Waals surface area contributed by atoms with Crippen molar-refractivity contribution in [2.75, 3.05) is 5.32 Å². The lowest BCUT2D eigenvalue weighted by Gasteiger charge is -2.08. The number of benzene rings is 2. The molecule has 1 amide bonds. The van der Waals surface area contributed by atoms with Gasteiger partial charge in [-0.3, -0.25) is 4.79 Å². The smallest absolute Gasteiger partial charge is 0.262 e. The van der Waals surface area contributed by atoms with E-state index in [1.165, 1.54) is 12.1 Å². The van der Waals surface area contributed by atoms with Crippen LogP contribution in [0.25, 0.3) is 0 Å². The molecule has 0 saturated carbocycles. The van der Waals surface area contributed by atoms with Gasteiger partial charge in [0, 0.05) is 10.2 Å². The molecule has 2 aromatic carbocycles. The van der Waals surface area contributed by atoms with E-state index in [0.717, 1.165) is 16.1 Å². The van der Waals surface area contributed by atoms with Crippen molar-refractivity contribution in [3.63, 3.8) is 0 Å². The Labute approximate surface area is 118 Å². The first-order chi connectivity index (χ1) is 8.99. The maximum absolute atomic E-state index is 13.5. The second-order valence-electron chi connectivity index (χ2n) is 4.05. The average Bonchev–Trinajstić information content (AvgIpc) is 2.33. The van der Waals surface area contributed by atoms with Crippen LogP contribution in [0, 0.1) is 12.7 Å². The number of carbonyl (C=O) groups is 1. The van der Waals surface area contributed by atoms with E-state index in [9.17, 15) is 14.3 Å². The van der Waals surface area contributed by atoms with Gasteiger partial charge in [-0.2, -0.15) is 0 Å². The zero-order valence-electron chi connectivity index (χ0n) is 10.1. The first-order valence-corrected chi connectivity index (χ1v) is 6.33. The summed E-state index contributed by atoms with van der Waals surface area (Å²) in [6.07, 6.45) is 0. The van der Waals surface area contributed by atoms with Crippen LogP contribution in [0.5, 0.6) is 5.75 Å². The number of aromatic hydroxyl groups is 1. The Bertz CT molecular complexity index is 623. The molecule has 2 N–H and O–H groups in total. The van der Waals surface area contributed by atoms with E-state index < -0.39 is 11.7 Å². The molecule has 0 aliphatic carbocycles. The van der Waals surface area contributed by atoms with Gasteiger partial charge < -0.3 is 10.4 Å². The number of hydrogen-bond donors (Lipinski definition) is 2. The molecule has 19 heavy (non-hydrogen) atoms. The number of halogens is 2. The highest BCUT2D eigenvalue weighted by Crippen LogP contribution is 2.24. The Morgan fingerprint density at radius 3 is 2.68 bits per heavy atom. The standard InChI is InChI=1S/C14H11BrFNO2/c1-8-5-6-9(7-10(8)15)17-14(19)13-11(16)3-2-4-12(13)18/h2-7,18H,1H3,(H,17,19). The zero-order valence-corrected chi connectivity index (χ0v) is 11.7. The highest BCUT2D eigenvalue weighted by atomic mass is 79.9. The van der Waals surface area contributed by atoms with Crippen molar-refractivity contribution in [3.8, 4) is 5.75 Å².